The van der Waals surface area contributed by atoms with Crippen LogP contribution in [0.4, 0.5) is 10.1 Å². The Bertz CT molecular complexity index is 674. The lowest BCUT2D eigenvalue weighted by Gasteiger charge is -2.31. The highest BCUT2D eigenvalue weighted by Gasteiger charge is 2.32. The summed E-state index contributed by atoms with van der Waals surface area (Å²) in [5, 5.41) is 10.8. The van der Waals surface area contributed by atoms with E-state index in [2.05, 4.69) is 15.9 Å². The number of sulfonamides is 1. The second-order valence-corrected chi connectivity index (χ2v) is 7.46. The first-order chi connectivity index (χ1) is 9.73. The lowest BCUT2D eigenvalue weighted by atomic mass is 10.3. The SMILES string of the molecule is CN1CCN(S(=O)(=O)c2cc([N+](=O)[O-])cc(Br)c2F)CC1. The average molecular weight is 382 g/mol. The molecular weight excluding hydrogens is 369 g/mol. The number of benzene rings is 1. The number of rotatable bonds is 3. The molecule has 7 nitrogen and oxygen atoms in total. The largest absolute Gasteiger partial charge is 0.304 e. The van der Waals surface area contributed by atoms with Gasteiger partial charge in [-0.25, -0.2) is 12.8 Å². The average Bonchev–Trinajstić information content (AvgIpc) is 2.41. The molecule has 116 valence electrons. The van der Waals surface area contributed by atoms with Gasteiger partial charge in [0.2, 0.25) is 10.0 Å². The molecule has 0 bridgehead atoms. The van der Waals surface area contributed by atoms with Gasteiger partial charge in [0.25, 0.3) is 5.69 Å². The third kappa shape index (κ3) is 3.23. The van der Waals surface area contributed by atoms with Crippen LogP contribution in [0.1, 0.15) is 0 Å². The summed E-state index contributed by atoms with van der Waals surface area (Å²) >= 11 is 2.82. The molecule has 10 heteroatoms. The van der Waals surface area contributed by atoms with Crippen molar-refractivity contribution in [2.75, 3.05) is 33.2 Å². The van der Waals surface area contributed by atoms with Crippen LogP contribution in [-0.2, 0) is 10.0 Å². The van der Waals surface area contributed by atoms with Crippen molar-refractivity contribution >= 4 is 31.6 Å². The van der Waals surface area contributed by atoms with Crippen LogP contribution in [0.15, 0.2) is 21.5 Å². The molecule has 1 aliphatic heterocycles. The molecule has 0 aromatic heterocycles. The number of piperazine rings is 1. The molecule has 0 atom stereocenters. The van der Waals surface area contributed by atoms with E-state index in [1.165, 1.54) is 0 Å². The Balaban J connectivity index is 2.47. The van der Waals surface area contributed by atoms with E-state index in [-0.39, 0.29) is 17.6 Å². The number of hydrogen-bond acceptors (Lipinski definition) is 5. The monoisotopic (exact) mass is 381 g/mol. The number of likely N-dealkylation sites (N-methyl/N-ethyl adjacent to an activating group) is 1. The van der Waals surface area contributed by atoms with E-state index in [9.17, 15) is 22.9 Å². The maximum Gasteiger partial charge on any atom is 0.272 e. The summed E-state index contributed by atoms with van der Waals surface area (Å²) in [6, 6.07) is 1.70. The van der Waals surface area contributed by atoms with E-state index < -0.39 is 31.3 Å². The molecule has 0 saturated carbocycles. The van der Waals surface area contributed by atoms with Gasteiger partial charge in [-0.05, 0) is 23.0 Å². The summed E-state index contributed by atoms with van der Waals surface area (Å²) < 4.78 is 39.9. The third-order valence-electron chi connectivity index (χ3n) is 3.27. The van der Waals surface area contributed by atoms with Crippen LogP contribution < -0.4 is 0 Å². The molecule has 1 saturated heterocycles. The van der Waals surface area contributed by atoms with Crippen molar-refractivity contribution in [1.82, 2.24) is 9.21 Å². The van der Waals surface area contributed by atoms with Gasteiger partial charge in [0.15, 0.2) is 5.82 Å². The van der Waals surface area contributed by atoms with E-state index in [1.807, 2.05) is 11.9 Å². The number of hydrogen-bond donors (Lipinski definition) is 0. The first-order valence-corrected chi connectivity index (χ1v) is 8.29. The van der Waals surface area contributed by atoms with Crippen molar-refractivity contribution in [3.8, 4) is 0 Å². The molecule has 2 rings (SSSR count). The molecule has 1 heterocycles. The molecule has 0 aliphatic carbocycles. The van der Waals surface area contributed by atoms with Crippen LogP contribution in [0.2, 0.25) is 0 Å². The van der Waals surface area contributed by atoms with Crippen LogP contribution >= 0.6 is 15.9 Å². The Labute approximate surface area is 129 Å². The van der Waals surface area contributed by atoms with Crippen molar-refractivity contribution in [1.29, 1.82) is 0 Å². The van der Waals surface area contributed by atoms with E-state index >= 15 is 0 Å². The van der Waals surface area contributed by atoms with Crippen LogP contribution in [0, 0.1) is 15.9 Å². The van der Waals surface area contributed by atoms with Crippen LogP contribution in [-0.4, -0.2) is 55.8 Å². The Hall–Kier alpha value is -1.10. The maximum atomic E-state index is 14.1. The number of nitrogens with zero attached hydrogens (tertiary/aromatic N) is 3. The molecule has 0 radical (unpaired) electrons. The first-order valence-electron chi connectivity index (χ1n) is 6.05. The second-order valence-electron chi connectivity index (χ2n) is 4.70. The number of nitro groups is 1. The normalized spacial score (nSPS) is 17.9. The summed E-state index contributed by atoms with van der Waals surface area (Å²) in [7, 11) is -2.24. The van der Waals surface area contributed by atoms with Gasteiger partial charge in [0.1, 0.15) is 4.90 Å². The predicted molar refractivity (Wildman–Crippen MR) is 77.0 cm³/mol. The minimum absolute atomic E-state index is 0.221. The summed E-state index contributed by atoms with van der Waals surface area (Å²) in [5.74, 6) is -1.01. The Morgan fingerprint density at radius 3 is 2.38 bits per heavy atom. The van der Waals surface area contributed by atoms with Crippen LogP contribution in [0.25, 0.3) is 0 Å². The topological polar surface area (TPSA) is 83.8 Å². The first kappa shape index (κ1) is 16.3. The zero-order chi connectivity index (χ0) is 15.8. The third-order valence-corrected chi connectivity index (χ3v) is 5.75. The number of halogens is 2. The summed E-state index contributed by atoms with van der Waals surface area (Å²) in [4.78, 5) is 11.3. The fraction of sp³-hybridized carbons (Fsp3) is 0.455. The van der Waals surface area contributed by atoms with Gasteiger partial charge in [0.05, 0.1) is 9.40 Å². The van der Waals surface area contributed by atoms with Crippen molar-refractivity contribution < 1.29 is 17.7 Å². The fourth-order valence-electron chi connectivity index (χ4n) is 2.01. The number of non-ortho nitro benzene ring substituents is 1. The van der Waals surface area contributed by atoms with Gasteiger partial charge in [-0.15, -0.1) is 0 Å². The molecule has 0 N–H and O–H groups in total. The Kier molecular flexibility index (Phi) is 4.61. The number of nitro benzene ring substituents is 1. The minimum Gasteiger partial charge on any atom is -0.304 e. The Morgan fingerprint density at radius 2 is 1.86 bits per heavy atom. The standard InChI is InChI=1S/C11H13BrFN3O4S/c1-14-2-4-15(5-3-14)21(19,20)10-7-8(16(17)18)6-9(12)11(10)13/h6-7H,2-5H2,1H3. The lowest BCUT2D eigenvalue weighted by molar-refractivity contribution is -0.385. The Morgan fingerprint density at radius 1 is 1.29 bits per heavy atom. The maximum absolute atomic E-state index is 14.1. The highest BCUT2D eigenvalue weighted by molar-refractivity contribution is 9.10. The van der Waals surface area contributed by atoms with Crippen molar-refractivity contribution in [3.63, 3.8) is 0 Å². The van der Waals surface area contributed by atoms with Gasteiger partial charge in [0, 0.05) is 38.3 Å². The smallest absolute Gasteiger partial charge is 0.272 e. The summed E-state index contributed by atoms with van der Waals surface area (Å²) in [6.07, 6.45) is 0. The van der Waals surface area contributed by atoms with Crippen molar-refractivity contribution in [2.24, 2.45) is 0 Å². The van der Waals surface area contributed by atoms with E-state index in [1.54, 1.807) is 0 Å². The summed E-state index contributed by atoms with van der Waals surface area (Å²) in [5.41, 5.74) is -0.476. The zero-order valence-electron chi connectivity index (χ0n) is 11.1. The molecule has 1 aliphatic rings. The van der Waals surface area contributed by atoms with Crippen molar-refractivity contribution in [2.45, 2.75) is 4.90 Å². The molecule has 21 heavy (non-hydrogen) atoms. The van der Waals surface area contributed by atoms with E-state index in [0.29, 0.717) is 13.1 Å². The molecule has 1 aromatic rings. The van der Waals surface area contributed by atoms with Crippen LogP contribution in [0.5, 0.6) is 0 Å². The molecule has 1 fully saturated rings. The molecule has 0 amide bonds. The minimum atomic E-state index is -4.10. The fourth-order valence-corrected chi connectivity index (χ4v) is 4.12. The van der Waals surface area contributed by atoms with E-state index in [4.69, 9.17) is 0 Å². The second kappa shape index (κ2) is 5.95. The van der Waals surface area contributed by atoms with Gasteiger partial charge >= 0.3 is 0 Å². The highest BCUT2D eigenvalue weighted by Crippen LogP contribution is 2.30. The van der Waals surface area contributed by atoms with Crippen molar-refractivity contribution in [3.05, 3.63) is 32.5 Å². The van der Waals surface area contributed by atoms with E-state index in [0.717, 1.165) is 16.4 Å². The molecule has 1 aromatic carbocycles. The van der Waals surface area contributed by atoms with Gasteiger partial charge in [-0.3, -0.25) is 10.1 Å². The lowest BCUT2D eigenvalue weighted by Crippen LogP contribution is -2.47. The predicted octanol–water partition coefficient (Wildman–Crippen LogP) is 1.43. The molecule has 0 unspecified atom stereocenters. The highest BCUT2D eigenvalue weighted by atomic mass is 79.9. The van der Waals surface area contributed by atoms with Gasteiger partial charge < -0.3 is 4.90 Å². The summed E-state index contributed by atoms with van der Waals surface area (Å²) in [6.45, 7) is 1.49. The molecule has 0 spiro atoms. The van der Waals surface area contributed by atoms with Crippen LogP contribution in [0.3, 0.4) is 0 Å². The van der Waals surface area contributed by atoms with Gasteiger partial charge in [-0.2, -0.15) is 4.31 Å². The quantitative estimate of drug-likeness (QED) is 0.584. The van der Waals surface area contributed by atoms with Gasteiger partial charge in [-0.1, -0.05) is 0 Å². The molecular formula is C11H13BrFN3O4S. The zero-order valence-corrected chi connectivity index (χ0v) is 13.5.